The van der Waals surface area contributed by atoms with E-state index in [1.165, 1.54) is 0 Å². The Hall–Kier alpha value is -4.81. The van der Waals surface area contributed by atoms with Crippen LogP contribution in [0.25, 0.3) is 38.6 Å². The van der Waals surface area contributed by atoms with E-state index >= 15 is 0 Å². The van der Waals surface area contributed by atoms with Gasteiger partial charge in [-0.05, 0) is 53.6 Å². The number of rotatable bonds is 4. The van der Waals surface area contributed by atoms with Gasteiger partial charge in [0.15, 0.2) is 0 Å². The summed E-state index contributed by atoms with van der Waals surface area (Å²) in [6.07, 6.45) is 0. The zero-order valence-electron chi connectivity index (χ0n) is 23.1. The maximum Gasteiger partial charge on any atom is 0.101 e. The summed E-state index contributed by atoms with van der Waals surface area (Å²) in [4.78, 5) is 0. The van der Waals surface area contributed by atoms with Crippen molar-refractivity contribution in [3.63, 3.8) is 0 Å². The van der Waals surface area contributed by atoms with Gasteiger partial charge in [-0.15, -0.1) is 0 Å². The van der Waals surface area contributed by atoms with Gasteiger partial charge >= 0.3 is 0 Å². The lowest BCUT2D eigenvalue weighted by molar-refractivity contribution is 1.17. The van der Waals surface area contributed by atoms with E-state index in [4.69, 9.17) is 6.85 Å². The fourth-order valence-corrected chi connectivity index (χ4v) is 4.38. The summed E-state index contributed by atoms with van der Waals surface area (Å²) in [5.74, 6) is 0. The monoisotopic (exact) mass is 440 g/mol. The lowest BCUT2D eigenvalue weighted by Gasteiger charge is -2.14. The van der Waals surface area contributed by atoms with Crippen LogP contribution in [-0.4, -0.2) is 4.57 Å². The van der Waals surface area contributed by atoms with Crippen molar-refractivity contribution in [2.75, 3.05) is 5.32 Å². The molecule has 0 saturated heterocycles. The number of para-hydroxylation sites is 2. The van der Waals surface area contributed by atoms with Gasteiger partial charge in [0, 0.05) is 22.1 Å². The Balaban J connectivity index is 1.46. The molecule has 1 N–H and O–H groups in total. The highest BCUT2D eigenvalue weighted by molar-refractivity contribution is 6.09. The molecule has 0 fully saturated rings. The van der Waals surface area contributed by atoms with E-state index in [0.717, 1.165) is 33.2 Å². The molecule has 3 heteroatoms. The summed E-state index contributed by atoms with van der Waals surface area (Å²) in [7, 11) is 0. The third-order valence-electron chi connectivity index (χ3n) is 5.88. The molecule has 160 valence electrons. The molecular formula is C31H21N3. The normalized spacial score (nSPS) is 13.0. The summed E-state index contributed by atoms with van der Waals surface area (Å²) in [6.45, 7) is 0. The molecule has 1 aromatic heterocycles. The second-order valence-electron chi connectivity index (χ2n) is 7.92. The fraction of sp³-hybridized carbons (Fsp3) is 0. The smallest absolute Gasteiger partial charge is 0.101 e. The van der Waals surface area contributed by atoms with E-state index in [1.54, 1.807) is 24.3 Å². The fourth-order valence-electron chi connectivity index (χ4n) is 4.38. The van der Waals surface area contributed by atoms with Crippen LogP contribution in [-0.2, 0) is 0 Å². The molecule has 6 rings (SSSR count). The van der Waals surface area contributed by atoms with Gasteiger partial charge in [0.05, 0.1) is 29.1 Å². The number of aromatic nitrogens is 1. The van der Waals surface area contributed by atoms with Crippen molar-refractivity contribution in [2.24, 2.45) is 0 Å². The quantitative estimate of drug-likeness (QED) is 0.301. The van der Waals surface area contributed by atoms with Crippen LogP contribution in [0.5, 0.6) is 0 Å². The molecule has 0 aliphatic heterocycles. The average Bonchev–Trinajstić information content (AvgIpc) is 3.30. The Morgan fingerprint density at radius 3 is 2.06 bits per heavy atom. The average molecular weight is 441 g/mol. The van der Waals surface area contributed by atoms with Gasteiger partial charge < -0.3 is 9.88 Å². The van der Waals surface area contributed by atoms with E-state index in [9.17, 15) is 5.26 Å². The van der Waals surface area contributed by atoms with E-state index in [0.29, 0.717) is 16.8 Å². The topological polar surface area (TPSA) is 40.8 Å². The molecule has 0 bridgehead atoms. The van der Waals surface area contributed by atoms with E-state index < -0.39 is 6.04 Å². The molecule has 0 atom stereocenters. The van der Waals surface area contributed by atoms with Crippen LogP contribution in [0.4, 0.5) is 11.4 Å². The molecule has 0 aliphatic rings. The van der Waals surface area contributed by atoms with Crippen molar-refractivity contribution in [1.82, 2.24) is 4.57 Å². The highest BCUT2D eigenvalue weighted by atomic mass is 15.0. The van der Waals surface area contributed by atoms with Crippen LogP contribution >= 0.6 is 0 Å². The van der Waals surface area contributed by atoms with Crippen molar-refractivity contribution in [2.45, 2.75) is 0 Å². The molecule has 0 unspecified atom stereocenters. The van der Waals surface area contributed by atoms with Gasteiger partial charge in [-0.25, -0.2) is 0 Å². The first kappa shape index (κ1) is 15.1. The molecule has 0 amide bonds. The number of fused-ring (bicyclic) bond motifs is 3. The van der Waals surface area contributed by atoms with Gasteiger partial charge in [0.1, 0.15) is 6.07 Å². The molecule has 0 spiro atoms. The molecule has 0 saturated carbocycles. The lowest BCUT2D eigenvalue weighted by atomic mass is 10.1. The second-order valence-corrected chi connectivity index (χ2v) is 7.92. The maximum atomic E-state index is 9.96. The SMILES string of the molecule is [2H]c1c([2H])c([2H])c(-c2cccc(Nc3ccc(C#N)c(-n4c5ccccc5c5ccccc54)c3)c2)c([2H])c1[2H]. The predicted molar refractivity (Wildman–Crippen MR) is 141 cm³/mol. The number of nitrogens with zero attached hydrogens (tertiary/aromatic N) is 2. The molecule has 34 heavy (non-hydrogen) atoms. The summed E-state index contributed by atoms with van der Waals surface area (Å²) in [5, 5.41) is 15.5. The van der Waals surface area contributed by atoms with Crippen molar-refractivity contribution in [3.8, 4) is 22.9 Å². The first-order valence-corrected chi connectivity index (χ1v) is 10.9. The Morgan fingerprint density at radius 1 is 0.676 bits per heavy atom. The second kappa shape index (κ2) is 8.27. The minimum Gasteiger partial charge on any atom is -0.355 e. The summed E-state index contributed by atoms with van der Waals surface area (Å²) in [5.41, 5.74) is 5.33. The predicted octanol–water partition coefficient (Wildman–Crippen LogP) is 8.07. The van der Waals surface area contributed by atoms with Crippen molar-refractivity contribution in [3.05, 3.63) is 127 Å². The highest BCUT2D eigenvalue weighted by Crippen LogP contribution is 2.34. The van der Waals surface area contributed by atoms with Crippen molar-refractivity contribution >= 4 is 33.2 Å². The zero-order chi connectivity index (χ0) is 27.3. The molecule has 1 heterocycles. The van der Waals surface area contributed by atoms with Crippen LogP contribution in [0.15, 0.2) is 121 Å². The van der Waals surface area contributed by atoms with Crippen LogP contribution < -0.4 is 5.32 Å². The Morgan fingerprint density at radius 2 is 1.35 bits per heavy atom. The van der Waals surface area contributed by atoms with E-state index in [2.05, 4.69) is 28.1 Å². The third kappa shape index (κ3) is 3.39. The van der Waals surface area contributed by atoms with Gasteiger partial charge in [-0.1, -0.05) is 78.7 Å². The number of hydrogen-bond donors (Lipinski definition) is 1. The zero-order valence-corrected chi connectivity index (χ0v) is 18.1. The first-order valence-electron chi connectivity index (χ1n) is 13.4. The van der Waals surface area contributed by atoms with Crippen LogP contribution in [0.3, 0.4) is 0 Å². The minimum atomic E-state index is -0.418. The van der Waals surface area contributed by atoms with E-state index in [-0.39, 0.29) is 29.7 Å². The van der Waals surface area contributed by atoms with Gasteiger partial charge in [0.2, 0.25) is 0 Å². The van der Waals surface area contributed by atoms with E-state index in [1.807, 2.05) is 54.6 Å². The summed E-state index contributed by atoms with van der Waals surface area (Å²) < 4.78 is 42.6. The number of nitriles is 1. The third-order valence-corrected chi connectivity index (χ3v) is 5.88. The molecule has 0 radical (unpaired) electrons. The summed E-state index contributed by atoms with van der Waals surface area (Å²) in [6, 6.07) is 29.5. The first-order chi connectivity index (χ1) is 18.9. The van der Waals surface area contributed by atoms with Crippen molar-refractivity contribution in [1.29, 1.82) is 5.26 Å². The molecule has 3 nitrogen and oxygen atoms in total. The van der Waals surface area contributed by atoms with Crippen LogP contribution in [0, 0.1) is 11.3 Å². The highest BCUT2D eigenvalue weighted by Gasteiger charge is 2.15. The molecular weight excluding hydrogens is 414 g/mol. The number of nitrogens with one attached hydrogen (secondary N) is 1. The Labute approximate surface area is 205 Å². The van der Waals surface area contributed by atoms with Crippen LogP contribution in [0.1, 0.15) is 12.4 Å². The number of anilines is 2. The standard InChI is InChI=1S/C31H21N3/c32-21-24-17-18-26(33-25-12-8-11-23(19-25)22-9-2-1-3-10-22)20-31(24)34-29-15-6-4-13-27(29)28-14-5-7-16-30(28)34/h1-20,33H/i1D,2D,3D,9D,10D. The van der Waals surface area contributed by atoms with Gasteiger partial charge in [-0.2, -0.15) is 5.26 Å². The van der Waals surface area contributed by atoms with Crippen molar-refractivity contribution < 1.29 is 6.85 Å². The summed E-state index contributed by atoms with van der Waals surface area (Å²) >= 11 is 0. The Bertz CT molecular complexity index is 1890. The van der Waals surface area contributed by atoms with Gasteiger partial charge in [-0.3, -0.25) is 0 Å². The Kier molecular flexibility index (Phi) is 3.68. The maximum absolute atomic E-state index is 9.96. The number of hydrogen-bond acceptors (Lipinski definition) is 2. The number of benzene rings is 5. The molecule has 0 aliphatic carbocycles. The van der Waals surface area contributed by atoms with Crippen LogP contribution in [0.2, 0.25) is 0 Å². The van der Waals surface area contributed by atoms with Gasteiger partial charge in [0.25, 0.3) is 0 Å². The molecule has 5 aromatic carbocycles. The largest absolute Gasteiger partial charge is 0.355 e. The molecule has 6 aromatic rings. The minimum absolute atomic E-state index is 0.149. The lowest BCUT2D eigenvalue weighted by Crippen LogP contribution is -2.00.